The predicted octanol–water partition coefficient (Wildman–Crippen LogP) is 3.92. The zero-order valence-corrected chi connectivity index (χ0v) is 13.5. The van der Waals surface area contributed by atoms with Crippen molar-refractivity contribution in [3.05, 3.63) is 58.1 Å². The van der Waals surface area contributed by atoms with Crippen molar-refractivity contribution in [3.63, 3.8) is 0 Å². The first-order chi connectivity index (χ1) is 9.24. The van der Waals surface area contributed by atoms with Gasteiger partial charge in [0.1, 0.15) is 6.61 Å². The molecule has 0 aliphatic carbocycles. The maximum Gasteiger partial charge on any atom is 0.175 e. The largest absolute Gasteiger partial charge is 0.493 e. The number of halogens is 2. The van der Waals surface area contributed by atoms with Crippen LogP contribution in [0.25, 0.3) is 0 Å². The van der Waals surface area contributed by atoms with Crippen molar-refractivity contribution in [3.8, 4) is 11.5 Å². The summed E-state index contributed by atoms with van der Waals surface area (Å²) in [5.41, 5.74) is 7.75. The Hall–Kier alpha value is -1.23. The van der Waals surface area contributed by atoms with E-state index in [2.05, 4.69) is 15.9 Å². The predicted molar refractivity (Wildman–Crippen MR) is 86.6 cm³/mol. The van der Waals surface area contributed by atoms with Crippen molar-refractivity contribution in [2.24, 2.45) is 5.73 Å². The molecule has 0 atom stereocenters. The fourth-order valence-electron chi connectivity index (χ4n) is 1.76. The van der Waals surface area contributed by atoms with E-state index in [4.69, 9.17) is 15.2 Å². The fraction of sp³-hybridized carbons (Fsp3) is 0.200. The van der Waals surface area contributed by atoms with Gasteiger partial charge in [-0.05, 0) is 39.2 Å². The Morgan fingerprint density at radius 3 is 2.40 bits per heavy atom. The van der Waals surface area contributed by atoms with Crippen molar-refractivity contribution in [1.29, 1.82) is 0 Å². The molecule has 3 nitrogen and oxygen atoms in total. The Morgan fingerprint density at radius 2 is 1.80 bits per heavy atom. The Balaban J connectivity index is 0.00000200. The Morgan fingerprint density at radius 1 is 1.10 bits per heavy atom. The lowest BCUT2D eigenvalue weighted by Gasteiger charge is -2.14. The van der Waals surface area contributed by atoms with Crippen LogP contribution >= 0.6 is 28.3 Å². The van der Waals surface area contributed by atoms with Crippen molar-refractivity contribution in [1.82, 2.24) is 0 Å². The summed E-state index contributed by atoms with van der Waals surface area (Å²) in [5.74, 6) is 1.38. The molecule has 20 heavy (non-hydrogen) atoms. The van der Waals surface area contributed by atoms with Crippen LogP contribution in [0.2, 0.25) is 0 Å². The summed E-state index contributed by atoms with van der Waals surface area (Å²) < 4.78 is 12.0. The summed E-state index contributed by atoms with van der Waals surface area (Å²) in [6.45, 7) is 0.964. The van der Waals surface area contributed by atoms with Gasteiger partial charge < -0.3 is 15.2 Å². The Kier molecular flexibility index (Phi) is 6.85. The molecule has 0 heterocycles. The molecule has 0 spiro atoms. The van der Waals surface area contributed by atoms with E-state index in [-0.39, 0.29) is 12.4 Å². The SMILES string of the molecule is COc1cc(CN)cc(Br)c1OCc1ccccc1.Cl. The number of ether oxygens (including phenoxy) is 2. The highest BCUT2D eigenvalue weighted by Gasteiger charge is 2.11. The summed E-state index contributed by atoms with van der Waals surface area (Å²) in [7, 11) is 1.62. The van der Waals surface area contributed by atoms with Crippen LogP contribution in [0.3, 0.4) is 0 Å². The molecule has 0 saturated heterocycles. The number of methoxy groups -OCH3 is 1. The third-order valence-corrected chi connectivity index (χ3v) is 3.34. The number of nitrogens with two attached hydrogens (primary N) is 1. The number of rotatable bonds is 5. The van der Waals surface area contributed by atoms with Crippen LogP contribution in [0.5, 0.6) is 11.5 Å². The van der Waals surface area contributed by atoms with Gasteiger partial charge in [-0.1, -0.05) is 30.3 Å². The molecular weight excluding hydrogens is 342 g/mol. The van der Waals surface area contributed by atoms with E-state index < -0.39 is 0 Å². The first-order valence-corrected chi connectivity index (χ1v) is 6.77. The minimum atomic E-state index is 0. The normalized spacial score (nSPS) is 9.75. The van der Waals surface area contributed by atoms with Crippen LogP contribution in [0.1, 0.15) is 11.1 Å². The second-order valence-electron chi connectivity index (χ2n) is 4.09. The van der Waals surface area contributed by atoms with Crippen molar-refractivity contribution < 1.29 is 9.47 Å². The fourth-order valence-corrected chi connectivity index (χ4v) is 2.36. The quantitative estimate of drug-likeness (QED) is 0.881. The van der Waals surface area contributed by atoms with Gasteiger partial charge in [-0.2, -0.15) is 0 Å². The van der Waals surface area contributed by atoms with E-state index in [1.807, 2.05) is 42.5 Å². The van der Waals surface area contributed by atoms with Crippen molar-refractivity contribution in [2.75, 3.05) is 7.11 Å². The van der Waals surface area contributed by atoms with Gasteiger partial charge in [-0.25, -0.2) is 0 Å². The highest BCUT2D eigenvalue weighted by Crippen LogP contribution is 2.37. The number of hydrogen-bond acceptors (Lipinski definition) is 3. The Bertz CT molecular complexity index is 549. The minimum Gasteiger partial charge on any atom is -0.493 e. The van der Waals surface area contributed by atoms with Crippen LogP contribution in [-0.2, 0) is 13.2 Å². The minimum absolute atomic E-state index is 0. The van der Waals surface area contributed by atoms with Gasteiger partial charge in [0.05, 0.1) is 11.6 Å². The number of hydrogen-bond donors (Lipinski definition) is 1. The summed E-state index contributed by atoms with van der Waals surface area (Å²) in [5, 5.41) is 0. The molecule has 2 aromatic carbocycles. The average molecular weight is 359 g/mol. The lowest BCUT2D eigenvalue weighted by molar-refractivity contribution is 0.282. The molecule has 2 N–H and O–H groups in total. The maximum absolute atomic E-state index is 5.83. The molecule has 0 radical (unpaired) electrons. The molecule has 5 heteroatoms. The molecule has 2 aromatic rings. The molecule has 0 aliphatic heterocycles. The van der Waals surface area contributed by atoms with Gasteiger partial charge in [0.15, 0.2) is 11.5 Å². The molecule has 0 aliphatic rings. The molecule has 108 valence electrons. The van der Waals surface area contributed by atoms with E-state index in [0.717, 1.165) is 15.6 Å². The maximum atomic E-state index is 5.83. The van der Waals surface area contributed by atoms with E-state index in [1.54, 1.807) is 7.11 Å². The summed E-state index contributed by atoms with van der Waals surface area (Å²) in [6.07, 6.45) is 0. The van der Waals surface area contributed by atoms with E-state index in [1.165, 1.54) is 0 Å². The molecule has 0 bridgehead atoms. The highest BCUT2D eigenvalue weighted by atomic mass is 79.9. The lowest BCUT2D eigenvalue weighted by Crippen LogP contribution is -2.01. The second-order valence-corrected chi connectivity index (χ2v) is 4.94. The zero-order chi connectivity index (χ0) is 13.7. The van der Waals surface area contributed by atoms with Crippen molar-refractivity contribution >= 4 is 28.3 Å². The molecule has 0 aromatic heterocycles. The summed E-state index contributed by atoms with van der Waals surface area (Å²) >= 11 is 3.49. The topological polar surface area (TPSA) is 44.5 Å². The monoisotopic (exact) mass is 357 g/mol. The standard InChI is InChI=1S/C15H16BrNO2.ClH/c1-18-14-8-12(9-17)7-13(16)15(14)19-10-11-5-3-2-4-6-11;/h2-8H,9-10,17H2,1H3;1H. The highest BCUT2D eigenvalue weighted by molar-refractivity contribution is 9.10. The molecule has 0 unspecified atom stereocenters. The van der Waals surface area contributed by atoms with Gasteiger partial charge in [0, 0.05) is 6.54 Å². The van der Waals surface area contributed by atoms with Crippen molar-refractivity contribution in [2.45, 2.75) is 13.2 Å². The van der Waals surface area contributed by atoms with Gasteiger partial charge >= 0.3 is 0 Å². The molecule has 2 rings (SSSR count). The van der Waals surface area contributed by atoms with Crippen LogP contribution < -0.4 is 15.2 Å². The first kappa shape index (κ1) is 16.8. The molecule has 0 saturated carbocycles. The van der Waals surface area contributed by atoms with Gasteiger partial charge in [-0.3, -0.25) is 0 Å². The lowest BCUT2D eigenvalue weighted by atomic mass is 10.2. The average Bonchev–Trinajstić information content (AvgIpc) is 2.46. The van der Waals surface area contributed by atoms with E-state index >= 15 is 0 Å². The molecular formula is C15H17BrClNO2. The summed E-state index contributed by atoms with van der Waals surface area (Å²) in [6, 6.07) is 13.8. The zero-order valence-electron chi connectivity index (χ0n) is 11.1. The summed E-state index contributed by atoms with van der Waals surface area (Å²) in [4.78, 5) is 0. The molecule has 0 amide bonds. The van der Waals surface area contributed by atoms with Crippen LogP contribution in [0.15, 0.2) is 46.9 Å². The third-order valence-electron chi connectivity index (χ3n) is 2.75. The van der Waals surface area contributed by atoms with Gasteiger partial charge in [0.25, 0.3) is 0 Å². The smallest absolute Gasteiger partial charge is 0.175 e. The van der Waals surface area contributed by atoms with E-state index in [9.17, 15) is 0 Å². The second kappa shape index (κ2) is 8.15. The van der Waals surface area contributed by atoms with Crippen LogP contribution in [0.4, 0.5) is 0 Å². The Labute approximate surface area is 133 Å². The first-order valence-electron chi connectivity index (χ1n) is 5.97. The van der Waals surface area contributed by atoms with E-state index in [0.29, 0.717) is 24.7 Å². The van der Waals surface area contributed by atoms with Crippen LogP contribution in [0, 0.1) is 0 Å². The van der Waals surface area contributed by atoms with Crippen LogP contribution in [-0.4, -0.2) is 7.11 Å². The van der Waals surface area contributed by atoms with Gasteiger partial charge in [0.2, 0.25) is 0 Å². The van der Waals surface area contributed by atoms with Gasteiger partial charge in [-0.15, -0.1) is 12.4 Å². The third kappa shape index (κ3) is 4.13. The number of benzene rings is 2. The molecule has 0 fully saturated rings.